The van der Waals surface area contributed by atoms with Gasteiger partial charge in [0.15, 0.2) is 5.11 Å². The van der Waals surface area contributed by atoms with Gasteiger partial charge in [-0.15, -0.1) is 0 Å². The van der Waals surface area contributed by atoms with Gasteiger partial charge in [0.25, 0.3) is 11.8 Å². The minimum atomic E-state index is -0.335. The normalized spacial score (nSPS) is 17.2. The monoisotopic (exact) mass is 800 g/mol. The molecule has 6 aromatic carbocycles. The van der Waals surface area contributed by atoms with Gasteiger partial charge in [-0.05, 0) is 102 Å². The first-order valence-corrected chi connectivity index (χ1v) is 21.3. The first kappa shape index (κ1) is 37.4. The minimum absolute atomic E-state index is 0.190. The standard InChI is InChI=1S/C53H44N4O2S/c1-3-54-51(58)50(52(59)55(4-2)53(54)60)47-39(29-31-43-41-23-11-19-37-21-13-25-45(48(37)41)56(43)33-35-15-7-5-8-16-35)27-28-40(47)30-32-44-42-24-12-20-38-22-14-26-46(49(38)42)57(44)34-36-17-9-6-10-18-36/h5-26,29-32H,3-4,27-28,33-34H2,1-2H3/b39-29-,40-30+,43-31-,44-32?. The molecule has 1 saturated carbocycles. The van der Waals surface area contributed by atoms with Crippen LogP contribution in [0.4, 0.5) is 0 Å². The highest BCUT2D eigenvalue weighted by atomic mass is 32.1. The lowest BCUT2D eigenvalue weighted by atomic mass is 9.95. The van der Waals surface area contributed by atoms with Gasteiger partial charge < -0.3 is 9.13 Å². The molecule has 0 unspecified atom stereocenters. The van der Waals surface area contributed by atoms with Gasteiger partial charge >= 0.3 is 0 Å². The van der Waals surface area contributed by atoms with Crippen molar-refractivity contribution in [2.45, 2.75) is 39.8 Å². The van der Waals surface area contributed by atoms with Crippen LogP contribution < -0.4 is 10.7 Å². The Bertz CT molecular complexity index is 3020. The van der Waals surface area contributed by atoms with Crippen LogP contribution in [-0.4, -0.2) is 49.0 Å². The lowest BCUT2D eigenvalue weighted by Crippen LogP contribution is -2.56. The highest BCUT2D eigenvalue weighted by Gasteiger charge is 2.42. The van der Waals surface area contributed by atoms with Crippen LogP contribution in [0.25, 0.3) is 55.5 Å². The van der Waals surface area contributed by atoms with E-state index >= 15 is 0 Å². The average Bonchev–Trinajstić information content (AvgIpc) is 3.91. The molecule has 0 atom stereocenters. The van der Waals surface area contributed by atoms with Crippen molar-refractivity contribution in [3.63, 3.8) is 0 Å². The maximum atomic E-state index is 14.5. The number of likely N-dealkylation sites (N-methyl/N-ethyl adjacent to an activating group) is 2. The first-order valence-electron chi connectivity index (χ1n) is 20.9. The third-order valence-corrected chi connectivity index (χ3v) is 12.7. The molecule has 7 heteroatoms. The molecule has 0 bridgehead atoms. The van der Waals surface area contributed by atoms with E-state index in [-0.39, 0.29) is 22.5 Å². The van der Waals surface area contributed by atoms with Crippen molar-refractivity contribution in [2.75, 3.05) is 13.1 Å². The van der Waals surface area contributed by atoms with E-state index in [0.29, 0.717) is 44.6 Å². The van der Waals surface area contributed by atoms with Crippen molar-refractivity contribution < 1.29 is 9.59 Å². The van der Waals surface area contributed by atoms with Crippen molar-refractivity contribution in [2.24, 2.45) is 0 Å². The number of aromatic nitrogens is 2. The number of rotatable bonds is 8. The Morgan fingerprint density at radius 3 is 1.33 bits per heavy atom. The Kier molecular flexibility index (Phi) is 9.61. The van der Waals surface area contributed by atoms with E-state index in [1.165, 1.54) is 54.5 Å². The van der Waals surface area contributed by atoms with Gasteiger partial charge in [0, 0.05) is 58.4 Å². The third kappa shape index (κ3) is 6.20. The van der Waals surface area contributed by atoms with E-state index in [1.807, 2.05) is 26.0 Å². The summed E-state index contributed by atoms with van der Waals surface area (Å²) in [5.41, 5.74) is 7.59. The maximum Gasteiger partial charge on any atom is 0.266 e. The zero-order valence-electron chi connectivity index (χ0n) is 33.8. The lowest BCUT2D eigenvalue weighted by Gasteiger charge is -2.36. The number of hydrogen-bond donors (Lipinski definition) is 0. The van der Waals surface area contributed by atoms with E-state index in [2.05, 4.69) is 155 Å². The fourth-order valence-electron chi connectivity index (χ4n) is 9.49. The van der Waals surface area contributed by atoms with Gasteiger partial charge in [0.05, 0.1) is 11.0 Å². The van der Waals surface area contributed by atoms with Crippen molar-refractivity contribution in [3.8, 4) is 0 Å². The molecule has 294 valence electrons. The molecular weight excluding hydrogens is 757 g/mol. The van der Waals surface area contributed by atoms with Crippen LogP contribution in [0.5, 0.6) is 0 Å². The molecule has 60 heavy (non-hydrogen) atoms. The average molecular weight is 801 g/mol. The molecule has 2 aliphatic rings. The van der Waals surface area contributed by atoms with Crippen molar-refractivity contribution in [1.29, 1.82) is 0 Å². The highest BCUT2D eigenvalue weighted by Crippen LogP contribution is 2.40. The number of hydrogen-bond acceptors (Lipinski definition) is 3. The molecule has 10 rings (SSSR count). The van der Waals surface area contributed by atoms with Gasteiger partial charge in [-0.1, -0.05) is 133 Å². The number of amides is 2. The van der Waals surface area contributed by atoms with Crippen LogP contribution in [0.2, 0.25) is 0 Å². The van der Waals surface area contributed by atoms with Crippen LogP contribution >= 0.6 is 12.2 Å². The molecule has 2 fully saturated rings. The van der Waals surface area contributed by atoms with Crippen molar-refractivity contribution >= 4 is 84.6 Å². The molecule has 1 saturated heterocycles. The zero-order chi connectivity index (χ0) is 40.9. The number of carbonyl (C=O) groups is 2. The lowest BCUT2D eigenvalue weighted by molar-refractivity contribution is -0.133. The summed E-state index contributed by atoms with van der Waals surface area (Å²) >= 11 is 5.73. The largest absolute Gasteiger partial charge is 0.336 e. The summed E-state index contributed by atoms with van der Waals surface area (Å²) in [5.74, 6) is -0.669. The number of benzene rings is 6. The quantitative estimate of drug-likeness (QED) is 0.0875. The van der Waals surface area contributed by atoms with Crippen LogP contribution in [0, 0.1) is 0 Å². The summed E-state index contributed by atoms with van der Waals surface area (Å²) in [6.45, 7) is 5.97. The van der Waals surface area contributed by atoms with E-state index in [1.54, 1.807) is 9.80 Å². The van der Waals surface area contributed by atoms with Gasteiger partial charge in [-0.2, -0.15) is 0 Å². The smallest absolute Gasteiger partial charge is 0.266 e. The Balaban J connectivity index is 1.21. The van der Waals surface area contributed by atoms with Gasteiger partial charge in [-0.3, -0.25) is 19.4 Å². The molecule has 2 amide bonds. The predicted molar refractivity (Wildman–Crippen MR) is 249 cm³/mol. The van der Waals surface area contributed by atoms with Crippen LogP contribution in [0.3, 0.4) is 0 Å². The minimum Gasteiger partial charge on any atom is -0.336 e. The Labute approximate surface area is 354 Å². The van der Waals surface area contributed by atoms with Gasteiger partial charge in [0.1, 0.15) is 5.57 Å². The fraction of sp³-hybridized carbons (Fsp3) is 0.151. The van der Waals surface area contributed by atoms with Crippen molar-refractivity contribution in [3.05, 3.63) is 190 Å². The van der Waals surface area contributed by atoms with E-state index in [0.717, 1.165) is 21.8 Å². The summed E-state index contributed by atoms with van der Waals surface area (Å²) < 4.78 is 4.78. The molecule has 0 spiro atoms. The molecule has 0 N–H and O–H groups in total. The second kappa shape index (κ2) is 15.4. The van der Waals surface area contributed by atoms with E-state index in [9.17, 15) is 9.59 Å². The first-order chi connectivity index (χ1) is 29.4. The zero-order valence-corrected chi connectivity index (χ0v) is 34.6. The maximum absolute atomic E-state index is 14.5. The molecule has 8 aromatic rings. The second-order valence-corrected chi connectivity index (χ2v) is 16.0. The summed E-state index contributed by atoms with van der Waals surface area (Å²) in [5, 5.41) is 9.62. The number of nitrogens with zero attached hydrogens (tertiary/aromatic N) is 4. The summed E-state index contributed by atoms with van der Waals surface area (Å²) in [7, 11) is 0. The molecular formula is C53H44N4O2S. The molecule has 3 heterocycles. The Morgan fingerprint density at radius 1 is 0.500 bits per heavy atom. The summed E-state index contributed by atoms with van der Waals surface area (Å²) in [6.07, 6.45) is 10.1. The number of carbonyl (C=O) groups excluding carboxylic acids is 2. The molecule has 6 nitrogen and oxygen atoms in total. The van der Waals surface area contributed by atoms with Crippen molar-refractivity contribution in [1.82, 2.24) is 18.9 Å². The highest BCUT2D eigenvalue weighted by molar-refractivity contribution is 7.80. The molecule has 2 aromatic heterocycles. The Morgan fingerprint density at radius 2 is 0.917 bits per heavy atom. The molecule has 0 radical (unpaired) electrons. The van der Waals surface area contributed by atoms with Crippen LogP contribution in [0.1, 0.15) is 37.8 Å². The third-order valence-electron chi connectivity index (χ3n) is 12.3. The second-order valence-electron chi connectivity index (χ2n) is 15.6. The van der Waals surface area contributed by atoms with Crippen LogP contribution in [0.15, 0.2) is 168 Å². The number of thiocarbonyl (C=S) groups is 1. The Hall–Kier alpha value is -6.83. The summed E-state index contributed by atoms with van der Waals surface area (Å²) in [6, 6.07) is 47.0. The molecule has 1 aliphatic carbocycles. The van der Waals surface area contributed by atoms with E-state index in [4.69, 9.17) is 12.2 Å². The summed E-state index contributed by atoms with van der Waals surface area (Å²) in [4.78, 5) is 32.2. The van der Waals surface area contributed by atoms with Gasteiger partial charge in [0.2, 0.25) is 0 Å². The topological polar surface area (TPSA) is 50.5 Å². The van der Waals surface area contributed by atoms with Gasteiger partial charge in [-0.25, -0.2) is 0 Å². The fourth-order valence-corrected chi connectivity index (χ4v) is 9.92. The molecule has 1 aliphatic heterocycles. The van der Waals surface area contributed by atoms with Crippen LogP contribution in [-0.2, 0) is 22.7 Å². The SMILES string of the molecule is CCN1C(=O)C(=C2/C(=C\C=c3\c4cccc5cccc(c54)n3Cc3ccccc3)CC/C2=C\C=c2c3cccc4cccc(c43)n2Cc2ccccc2)C(=O)N(CC)C1=S. The van der Waals surface area contributed by atoms with E-state index < -0.39 is 0 Å². The predicted octanol–water partition coefficient (Wildman–Crippen LogP) is 9.64. The number of allylic oxidation sites excluding steroid dienone is 5.